The molecule has 8 nitrogen and oxygen atoms in total. The lowest BCUT2D eigenvalue weighted by Crippen LogP contribution is -2.60. The topological polar surface area (TPSA) is 80.3 Å². The molecule has 2 aliphatic heterocycles. The monoisotopic (exact) mass is 413 g/mol. The molecule has 9 heteroatoms. The number of ether oxygens (including phenoxy) is 3. The van der Waals surface area contributed by atoms with Crippen LogP contribution >= 0.6 is 12.4 Å². The van der Waals surface area contributed by atoms with Gasteiger partial charge in [-0.1, -0.05) is 0 Å². The van der Waals surface area contributed by atoms with Crippen molar-refractivity contribution < 1.29 is 23.8 Å². The lowest BCUT2D eigenvalue weighted by Gasteiger charge is -2.38. The molecule has 0 unspecified atom stereocenters. The fourth-order valence-corrected chi connectivity index (χ4v) is 3.49. The largest absolute Gasteiger partial charge is 0.493 e. The number of hydrogen-bond acceptors (Lipinski definition) is 6. The Hall–Kier alpha value is -2.03. The molecule has 3 rings (SSSR count). The Morgan fingerprint density at radius 1 is 1.07 bits per heavy atom. The Labute approximate surface area is 171 Å². The van der Waals surface area contributed by atoms with Crippen LogP contribution in [-0.2, 0) is 9.53 Å². The van der Waals surface area contributed by atoms with Crippen LogP contribution in [0, 0.1) is 0 Å². The molecule has 156 valence electrons. The zero-order valence-electron chi connectivity index (χ0n) is 16.5. The minimum Gasteiger partial charge on any atom is -0.493 e. The molecule has 2 fully saturated rings. The van der Waals surface area contributed by atoms with E-state index in [-0.39, 0.29) is 36.4 Å². The van der Waals surface area contributed by atoms with Crippen LogP contribution in [0.15, 0.2) is 18.2 Å². The van der Waals surface area contributed by atoms with E-state index in [0.29, 0.717) is 56.4 Å². The number of carbonyl (C=O) groups excluding carboxylic acids is 2. The molecule has 2 aliphatic rings. The molecular formula is C19H28ClN3O5. The number of nitrogens with one attached hydrogen (secondary N) is 1. The normalized spacial score (nSPS) is 22.2. The first-order valence-electron chi connectivity index (χ1n) is 9.20. The van der Waals surface area contributed by atoms with E-state index in [1.165, 1.54) is 0 Å². The van der Waals surface area contributed by atoms with Crippen molar-refractivity contribution in [2.45, 2.75) is 19.1 Å². The quantitative estimate of drug-likeness (QED) is 0.786. The molecule has 28 heavy (non-hydrogen) atoms. The van der Waals surface area contributed by atoms with Crippen molar-refractivity contribution in [1.29, 1.82) is 0 Å². The zero-order chi connectivity index (χ0) is 19.4. The Morgan fingerprint density at radius 2 is 1.71 bits per heavy atom. The van der Waals surface area contributed by atoms with Crippen molar-refractivity contribution in [3.8, 4) is 11.5 Å². The number of piperazine rings is 1. The van der Waals surface area contributed by atoms with Crippen molar-refractivity contribution in [3.05, 3.63) is 23.8 Å². The molecule has 2 saturated heterocycles. The molecule has 2 amide bonds. The lowest BCUT2D eigenvalue weighted by molar-refractivity contribution is -0.140. The number of amides is 2. The summed E-state index contributed by atoms with van der Waals surface area (Å²) >= 11 is 0. The molecule has 0 aromatic heterocycles. The van der Waals surface area contributed by atoms with Crippen molar-refractivity contribution in [2.75, 3.05) is 53.6 Å². The molecular weight excluding hydrogens is 386 g/mol. The van der Waals surface area contributed by atoms with Crippen molar-refractivity contribution in [3.63, 3.8) is 0 Å². The standard InChI is InChI=1S/C19H27N3O5.ClH/c1-13-17(20-6-11-27-13)19(24)22-9-7-21(8-10-22)18(23)14-4-5-15(25-2)16(12-14)26-3;/h4-5,12-13,17,20H,6-11H2,1-3H3;1H/t13-,17+;/m1./s1. The van der Waals surface area contributed by atoms with Crippen molar-refractivity contribution >= 4 is 24.2 Å². The van der Waals surface area contributed by atoms with E-state index in [2.05, 4.69) is 5.32 Å². The molecule has 2 atom stereocenters. The maximum atomic E-state index is 12.8. The molecule has 1 N–H and O–H groups in total. The average Bonchev–Trinajstić information content (AvgIpc) is 2.72. The number of morpholine rings is 1. The van der Waals surface area contributed by atoms with Gasteiger partial charge in [-0.05, 0) is 25.1 Å². The van der Waals surface area contributed by atoms with Crippen LogP contribution in [0.5, 0.6) is 11.5 Å². The first-order valence-corrected chi connectivity index (χ1v) is 9.20. The molecule has 1 aromatic rings. The fourth-order valence-electron chi connectivity index (χ4n) is 3.49. The van der Waals surface area contributed by atoms with Crippen LogP contribution in [0.2, 0.25) is 0 Å². The summed E-state index contributed by atoms with van der Waals surface area (Å²) in [7, 11) is 3.10. The Balaban J connectivity index is 0.00000280. The summed E-state index contributed by atoms with van der Waals surface area (Å²) in [6, 6.07) is 4.82. The Morgan fingerprint density at radius 3 is 2.32 bits per heavy atom. The van der Waals surface area contributed by atoms with E-state index < -0.39 is 0 Å². The lowest BCUT2D eigenvalue weighted by atomic mass is 10.1. The van der Waals surface area contributed by atoms with Gasteiger partial charge in [-0.25, -0.2) is 0 Å². The van der Waals surface area contributed by atoms with E-state index >= 15 is 0 Å². The second-order valence-corrected chi connectivity index (χ2v) is 6.69. The van der Waals surface area contributed by atoms with Crippen LogP contribution in [0.4, 0.5) is 0 Å². The van der Waals surface area contributed by atoms with E-state index in [4.69, 9.17) is 14.2 Å². The van der Waals surface area contributed by atoms with Crippen LogP contribution in [0.25, 0.3) is 0 Å². The van der Waals surface area contributed by atoms with Gasteiger partial charge < -0.3 is 29.3 Å². The molecule has 0 aliphatic carbocycles. The summed E-state index contributed by atoms with van der Waals surface area (Å²) in [4.78, 5) is 29.1. The first-order chi connectivity index (χ1) is 13.0. The van der Waals surface area contributed by atoms with E-state index in [1.54, 1.807) is 42.2 Å². The van der Waals surface area contributed by atoms with E-state index in [9.17, 15) is 9.59 Å². The zero-order valence-corrected chi connectivity index (χ0v) is 17.3. The van der Waals surface area contributed by atoms with Gasteiger partial charge in [-0.2, -0.15) is 0 Å². The molecule has 2 heterocycles. The molecule has 0 spiro atoms. The Kier molecular flexibility index (Phi) is 7.91. The highest BCUT2D eigenvalue weighted by molar-refractivity contribution is 5.95. The minimum atomic E-state index is -0.313. The average molecular weight is 414 g/mol. The third-order valence-corrected chi connectivity index (χ3v) is 5.09. The number of benzene rings is 1. The second kappa shape index (κ2) is 9.95. The molecule has 0 bridgehead atoms. The van der Waals surface area contributed by atoms with Gasteiger partial charge >= 0.3 is 0 Å². The van der Waals surface area contributed by atoms with Crippen LogP contribution in [0.3, 0.4) is 0 Å². The van der Waals surface area contributed by atoms with Crippen molar-refractivity contribution in [2.24, 2.45) is 0 Å². The molecule has 1 aromatic carbocycles. The van der Waals surface area contributed by atoms with Gasteiger partial charge in [0.15, 0.2) is 11.5 Å². The maximum Gasteiger partial charge on any atom is 0.254 e. The van der Waals surface area contributed by atoms with Gasteiger partial charge in [0, 0.05) is 38.3 Å². The highest BCUT2D eigenvalue weighted by Crippen LogP contribution is 2.28. The summed E-state index contributed by atoms with van der Waals surface area (Å²) in [6.07, 6.45) is -0.141. The number of hydrogen-bond donors (Lipinski definition) is 1. The molecule has 0 saturated carbocycles. The van der Waals surface area contributed by atoms with Gasteiger partial charge in [0.25, 0.3) is 5.91 Å². The summed E-state index contributed by atoms with van der Waals surface area (Å²) < 4.78 is 16.0. The summed E-state index contributed by atoms with van der Waals surface area (Å²) in [5.74, 6) is 1.08. The van der Waals surface area contributed by atoms with Gasteiger partial charge in [0.2, 0.25) is 5.91 Å². The second-order valence-electron chi connectivity index (χ2n) is 6.69. The van der Waals surface area contributed by atoms with Gasteiger partial charge in [0.05, 0.1) is 26.9 Å². The SMILES string of the molecule is COc1ccc(C(=O)N2CCN(C(=O)[C@H]3NCCO[C@@H]3C)CC2)cc1OC.Cl. The Bertz CT molecular complexity index is 694. The third kappa shape index (κ3) is 4.68. The van der Waals surface area contributed by atoms with Crippen LogP contribution in [0.1, 0.15) is 17.3 Å². The maximum absolute atomic E-state index is 12.8. The minimum absolute atomic E-state index is 0. The van der Waals surface area contributed by atoms with E-state index in [1.807, 2.05) is 6.92 Å². The fraction of sp³-hybridized carbons (Fsp3) is 0.579. The predicted molar refractivity (Wildman–Crippen MR) is 106 cm³/mol. The first kappa shape index (κ1) is 22.3. The number of rotatable bonds is 4. The predicted octanol–water partition coefficient (Wildman–Crippen LogP) is 0.787. The van der Waals surface area contributed by atoms with Gasteiger partial charge in [-0.15, -0.1) is 12.4 Å². The highest BCUT2D eigenvalue weighted by atomic mass is 35.5. The van der Waals surface area contributed by atoms with Crippen molar-refractivity contribution in [1.82, 2.24) is 15.1 Å². The number of methoxy groups -OCH3 is 2. The highest BCUT2D eigenvalue weighted by Gasteiger charge is 2.34. The number of nitrogens with zero attached hydrogens (tertiary/aromatic N) is 2. The van der Waals surface area contributed by atoms with Gasteiger partial charge in [-0.3, -0.25) is 9.59 Å². The summed E-state index contributed by atoms with van der Waals surface area (Å²) in [5, 5.41) is 3.23. The summed E-state index contributed by atoms with van der Waals surface area (Å²) in [6.45, 7) is 5.25. The summed E-state index contributed by atoms with van der Waals surface area (Å²) in [5.41, 5.74) is 0.545. The van der Waals surface area contributed by atoms with E-state index in [0.717, 1.165) is 0 Å². The van der Waals surface area contributed by atoms with Crippen LogP contribution in [-0.4, -0.2) is 87.3 Å². The van der Waals surface area contributed by atoms with Gasteiger partial charge in [0.1, 0.15) is 6.04 Å². The molecule has 0 radical (unpaired) electrons. The number of halogens is 1. The number of carbonyl (C=O) groups is 2. The van der Waals surface area contributed by atoms with Crippen LogP contribution < -0.4 is 14.8 Å². The smallest absolute Gasteiger partial charge is 0.254 e. The third-order valence-electron chi connectivity index (χ3n) is 5.09.